The lowest BCUT2D eigenvalue weighted by atomic mass is 10.3. The van der Waals surface area contributed by atoms with Crippen molar-refractivity contribution in [3.05, 3.63) is 24.3 Å². The van der Waals surface area contributed by atoms with Gasteiger partial charge < -0.3 is 11.1 Å². The number of carbonyl (C=O) groups is 1. The number of carbonyl (C=O) groups excluding carboxylic acids is 1. The van der Waals surface area contributed by atoms with Crippen LogP contribution in [0.3, 0.4) is 0 Å². The van der Waals surface area contributed by atoms with E-state index in [-0.39, 0.29) is 16.6 Å². The Bertz CT molecular complexity index is 492. The topological polar surface area (TPSA) is 89.3 Å². The summed E-state index contributed by atoms with van der Waals surface area (Å²) in [6.45, 7) is 3.16. The molecule has 1 amide bonds. The molecule has 0 radical (unpaired) electrons. The fourth-order valence-electron chi connectivity index (χ4n) is 1.17. The number of hydrogen-bond donors (Lipinski definition) is 2. The van der Waals surface area contributed by atoms with Gasteiger partial charge in [0.25, 0.3) is 0 Å². The van der Waals surface area contributed by atoms with Gasteiger partial charge in [-0.3, -0.25) is 4.79 Å². The van der Waals surface area contributed by atoms with Crippen molar-refractivity contribution in [3.63, 3.8) is 0 Å². The third-order valence-electron chi connectivity index (χ3n) is 2.27. The second kappa shape index (κ2) is 5.29. The lowest BCUT2D eigenvalue weighted by molar-refractivity contribution is -0.117. The largest absolute Gasteiger partial charge is 0.325 e. The molecule has 1 rings (SSSR count). The zero-order valence-corrected chi connectivity index (χ0v) is 10.6. The molecule has 5 nitrogen and oxygen atoms in total. The van der Waals surface area contributed by atoms with Crippen LogP contribution in [-0.4, -0.2) is 26.1 Å². The van der Waals surface area contributed by atoms with Crippen molar-refractivity contribution in [1.82, 2.24) is 0 Å². The molecule has 94 valence electrons. The number of anilines is 1. The van der Waals surface area contributed by atoms with Gasteiger partial charge in [0.2, 0.25) is 5.91 Å². The van der Waals surface area contributed by atoms with Crippen LogP contribution in [0.4, 0.5) is 5.69 Å². The SMILES string of the molecule is CCS(=O)(=O)c1ccc(NC(=O)C(C)N)cc1. The van der Waals surface area contributed by atoms with E-state index in [1.807, 2.05) is 0 Å². The Morgan fingerprint density at radius 3 is 2.29 bits per heavy atom. The second-order valence-corrected chi connectivity index (χ2v) is 5.98. The number of hydrogen-bond acceptors (Lipinski definition) is 4. The molecule has 17 heavy (non-hydrogen) atoms. The Labute approximate surface area is 101 Å². The molecule has 6 heteroatoms. The summed E-state index contributed by atoms with van der Waals surface area (Å²) in [5.41, 5.74) is 5.93. The molecule has 1 aromatic carbocycles. The average Bonchev–Trinajstić information content (AvgIpc) is 2.29. The van der Waals surface area contributed by atoms with Crippen molar-refractivity contribution < 1.29 is 13.2 Å². The fourth-order valence-corrected chi connectivity index (χ4v) is 2.05. The summed E-state index contributed by atoms with van der Waals surface area (Å²) >= 11 is 0. The van der Waals surface area contributed by atoms with Gasteiger partial charge in [-0.05, 0) is 31.2 Å². The van der Waals surface area contributed by atoms with E-state index in [2.05, 4.69) is 5.32 Å². The molecule has 1 aromatic rings. The first kappa shape index (κ1) is 13.7. The Morgan fingerprint density at radius 2 is 1.88 bits per heavy atom. The Balaban J connectivity index is 2.86. The molecule has 0 aromatic heterocycles. The summed E-state index contributed by atoms with van der Waals surface area (Å²) in [5.74, 6) is -0.255. The van der Waals surface area contributed by atoms with Crippen LogP contribution in [-0.2, 0) is 14.6 Å². The van der Waals surface area contributed by atoms with Crippen LogP contribution in [0.5, 0.6) is 0 Å². The van der Waals surface area contributed by atoms with Crippen molar-refractivity contribution in [2.75, 3.05) is 11.1 Å². The lowest BCUT2D eigenvalue weighted by Crippen LogP contribution is -2.32. The van der Waals surface area contributed by atoms with Gasteiger partial charge >= 0.3 is 0 Å². The molecule has 0 aliphatic heterocycles. The predicted molar refractivity (Wildman–Crippen MR) is 66.4 cm³/mol. The van der Waals surface area contributed by atoms with E-state index >= 15 is 0 Å². The number of benzene rings is 1. The van der Waals surface area contributed by atoms with Gasteiger partial charge in [-0.2, -0.15) is 0 Å². The first-order valence-corrected chi connectivity index (χ1v) is 6.91. The van der Waals surface area contributed by atoms with E-state index in [9.17, 15) is 13.2 Å². The van der Waals surface area contributed by atoms with Crippen LogP contribution >= 0.6 is 0 Å². The Kier molecular flexibility index (Phi) is 4.25. The maximum atomic E-state index is 11.5. The van der Waals surface area contributed by atoms with Gasteiger partial charge in [0.15, 0.2) is 9.84 Å². The van der Waals surface area contributed by atoms with Crippen LogP contribution in [0.2, 0.25) is 0 Å². The smallest absolute Gasteiger partial charge is 0.240 e. The summed E-state index contributed by atoms with van der Waals surface area (Å²) in [6.07, 6.45) is 0. The molecule has 0 saturated heterocycles. The zero-order chi connectivity index (χ0) is 13.1. The maximum absolute atomic E-state index is 11.5. The molecule has 1 atom stereocenters. The highest BCUT2D eigenvalue weighted by Crippen LogP contribution is 2.15. The van der Waals surface area contributed by atoms with E-state index in [0.717, 1.165) is 0 Å². The summed E-state index contributed by atoms with van der Waals surface area (Å²) in [4.78, 5) is 11.5. The van der Waals surface area contributed by atoms with Crippen LogP contribution in [0.1, 0.15) is 13.8 Å². The number of nitrogens with one attached hydrogen (secondary N) is 1. The van der Waals surface area contributed by atoms with Gasteiger partial charge in [0, 0.05) is 5.69 Å². The standard InChI is InChI=1S/C11H16N2O3S/c1-3-17(15,16)10-6-4-9(5-7-10)13-11(14)8(2)12/h4-8H,3,12H2,1-2H3,(H,13,14). The third-order valence-corrected chi connectivity index (χ3v) is 4.03. The number of sulfone groups is 1. The molecular weight excluding hydrogens is 240 g/mol. The van der Waals surface area contributed by atoms with E-state index < -0.39 is 15.9 Å². The predicted octanol–water partition coefficient (Wildman–Crippen LogP) is 0.766. The summed E-state index contributed by atoms with van der Waals surface area (Å²) in [7, 11) is -3.20. The summed E-state index contributed by atoms with van der Waals surface area (Å²) < 4.78 is 23.1. The highest BCUT2D eigenvalue weighted by atomic mass is 32.2. The second-order valence-electron chi connectivity index (χ2n) is 3.71. The molecule has 0 saturated carbocycles. The number of nitrogens with two attached hydrogens (primary N) is 1. The van der Waals surface area contributed by atoms with Crippen molar-refractivity contribution in [3.8, 4) is 0 Å². The highest BCUT2D eigenvalue weighted by molar-refractivity contribution is 7.91. The summed E-state index contributed by atoms with van der Waals surface area (Å²) in [6, 6.07) is 5.42. The van der Waals surface area contributed by atoms with Gasteiger partial charge in [-0.25, -0.2) is 8.42 Å². The lowest BCUT2D eigenvalue weighted by Gasteiger charge is -2.08. The van der Waals surface area contributed by atoms with E-state index in [4.69, 9.17) is 5.73 Å². The first-order chi connectivity index (χ1) is 7.86. The van der Waals surface area contributed by atoms with E-state index in [1.165, 1.54) is 12.1 Å². The summed E-state index contributed by atoms with van der Waals surface area (Å²) in [5, 5.41) is 2.58. The van der Waals surface area contributed by atoms with Crippen LogP contribution in [0.15, 0.2) is 29.2 Å². The minimum absolute atomic E-state index is 0.0541. The molecule has 0 fully saturated rings. The van der Waals surface area contributed by atoms with Crippen LogP contribution < -0.4 is 11.1 Å². The van der Waals surface area contributed by atoms with Crippen molar-refractivity contribution in [1.29, 1.82) is 0 Å². The van der Waals surface area contributed by atoms with E-state index in [0.29, 0.717) is 5.69 Å². The van der Waals surface area contributed by atoms with Gasteiger partial charge in [-0.15, -0.1) is 0 Å². The average molecular weight is 256 g/mol. The molecule has 0 bridgehead atoms. The zero-order valence-electron chi connectivity index (χ0n) is 9.80. The molecule has 1 unspecified atom stereocenters. The molecule has 3 N–H and O–H groups in total. The van der Waals surface area contributed by atoms with Crippen molar-refractivity contribution in [2.24, 2.45) is 5.73 Å². The monoisotopic (exact) mass is 256 g/mol. The van der Waals surface area contributed by atoms with Crippen molar-refractivity contribution >= 4 is 21.4 Å². The Morgan fingerprint density at radius 1 is 1.35 bits per heavy atom. The first-order valence-electron chi connectivity index (χ1n) is 5.26. The molecule has 0 heterocycles. The molecular formula is C11H16N2O3S. The van der Waals surface area contributed by atoms with Crippen LogP contribution in [0.25, 0.3) is 0 Å². The third kappa shape index (κ3) is 3.54. The normalized spacial score (nSPS) is 13.1. The van der Waals surface area contributed by atoms with Crippen molar-refractivity contribution in [2.45, 2.75) is 24.8 Å². The molecule has 0 aliphatic rings. The highest BCUT2D eigenvalue weighted by Gasteiger charge is 2.12. The minimum atomic E-state index is -3.20. The fraction of sp³-hybridized carbons (Fsp3) is 0.364. The maximum Gasteiger partial charge on any atom is 0.240 e. The van der Waals surface area contributed by atoms with Crippen LogP contribution in [0, 0.1) is 0 Å². The minimum Gasteiger partial charge on any atom is -0.325 e. The Hall–Kier alpha value is -1.40. The molecule has 0 aliphatic carbocycles. The van der Waals surface area contributed by atoms with Gasteiger partial charge in [0.05, 0.1) is 16.7 Å². The quantitative estimate of drug-likeness (QED) is 0.832. The van der Waals surface area contributed by atoms with E-state index in [1.54, 1.807) is 26.0 Å². The molecule has 0 spiro atoms. The van der Waals surface area contributed by atoms with Gasteiger partial charge in [-0.1, -0.05) is 6.92 Å². The van der Waals surface area contributed by atoms with Gasteiger partial charge in [0.1, 0.15) is 0 Å². The number of amides is 1. The number of rotatable bonds is 4.